The molecule has 0 saturated carbocycles. The molecule has 66 valence electrons. The van der Waals surface area contributed by atoms with Gasteiger partial charge in [-0.05, 0) is 20.0 Å². The molecule has 3 N–H and O–H groups in total. The smallest absolute Gasteiger partial charge is 0.0795 e. The highest BCUT2D eigenvalue weighted by Crippen LogP contribution is 2.14. The fraction of sp³-hybridized carbons (Fsp3) is 0.625. The van der Waals surface area contributed by atoms with E-state index in [0.29, 0.717) is 0 Å². The molecule has 4 nitrogen and oxygen atoms in total. The molecule has 1 aromatic rings. The van der Waals surface area contributed by atoms with Crippen molar-refractivity contribution in [1.29, 1.82) is 0 Å². The van der Waals surface area contributed by atoms with Crippen LogP contribution in [0.1, 0.15) is 17.0 Å². The molecular formula is C8H14N4. The lowest BCUT2D eigenvalue weighted by Crippen LogP contribution is -2.24. The van der Waals surface area contributed by atoms with Crippen LogP contribution in [0.5, 0.6) is 0 Å². The highest BCUT2D eigenvalue weighted by atomic mass is 15.1. The Morgan fingerprint density at radius 3 is 3.33 bits per heavy atom. The highest BCUT2D eigenvalue weighted by molar-refractivity contribution is 5.27. The summed E-state index contributed by atoms with van der Waals surface area (Å²) >= 11 is 0. The average Bonchev–Trinajstić information content (AvgIpc) is 2.50. The topological polar surface area (TPSA) is 52.7 Å². The van der Waals surface area contributed by atoms with Gasteiger partial charge in [-0.15, -0.1) is 0 Å². The number of nitrogens with one attached hydrogen (secondary N) is 3. The minimum absolute atomic E-state index is 0.867. The van der Waals surface area contributed by atoms with E-state index in [1.165, 1.54) is 17.0 Å². The van der Waals surface area contributed by atoms with Crippen molar-refractivity contribution in [1.82, 2.24) is 20.8 Å². The van der Waals surface area contributed by atoms with Crippen molar-refractivity contribution in [3.63, 3.8) is 0 Å². The summed E-state index contributed by atoms with van der Waals surface area (Å²) in [5, 5.41) is 13.7. The van der Waals surface area contributed by atoms with Gasteiger partial charge in [0.25, 0.3) is 0 Å². The Bertz CT molecular complexity index is 266. The number of nitrogens with zero attached hydrogens (tertiary/aromatic N) is 1. The molecule has 0 atom stereocenters. The molecule has 1 aromatic heterocycles. The van der Waals surface area contributed by atoms with E-state index in [4.69, 9.17) is 0 Å². The molecule has 12 heavy (non-hydrogen) atoms. The number of hydrogen-bond donors (Lipinski definition) is 3. The van der Waals surface area contributed by atoms with Crippen LogP contribution in [0.25, 0.3) is 0 Å². The van der Waals surface area contributed by atoms with Crippen LogP contribution >= 0.6 is 0 Å². The Morgan fingerprint density at radius 1 is 1.58 bits per heavy atom. The molecule has 2 heterocycles. The molecule has 0 spiro atoms. The predicted octanol–water partition coefficient (Wildman–Crippen LogP) is -0.225. The second-order valence-corrected chi connectivity index (χ2v) is 3.08. The summed E-state index contributed by atoms with van der Waals surface area (Å²) < 4.78 is 0. The molecule has 0 aliphatic carbocycles. The summed E-state index contributed by atoms with van der Waals surface area (Å²) in [6, 6.07) is 0. The van der Waals surface area contributed by atoms with Crippen molar-refractivity contribution in [2.75, 3.05) is 13.6 Å². The minimum atomic E-state index is 0.867. The van der Waals surface area contributed by atoms with Crippen molar-refractivity contribution in [2.45, 2.75) is 19.5 Å². The zero-order chi connectivity index (χ0) is 8.39. The van der Waals surface area contributed by atoms with Crippen molar-refractivity contribution < 1.29 is 0 Å². The largest absolute Gasteiger partial charge is 0.314 e. The maximum atomic E-state index is 4.26. The van der Waals surface area contributed by atoms with Gasteiger partial charge in [-0.25, -0.2) is 0 Å². The first-order valence-electron chi connectivity index (χ1n) is 4.32. The van der Waals surface area contributed by atoms with Crippen LogP contribution < -0.4 is 10.6 Å². The first-order valence-corrected chi connectivity index (χ1v) is 4.32. The van der Waals surface area contributed by atoms with Crippen LogP contribution in [-0.2, 0) is 19.5 Å². The van der Waals surface area contributed by atoms with E-state index in [-0.39, 0.29) is 0 Å². The van der Waals surface area contributed by atoms with Crippen molar-refractivity contribution in [2.24, 2.45) is 0 Å². The van der Waals surface area contributed by atoms with Crippen LogP contribution in [-0.4, -0.2) is 23.8 Å². The minimum Gasteiger partial charge on any atom is -0.314 e. The number of aromatic nitrogens is 2. The molecule has 1 aliphatic heterocycles. The van der Waals surface area contributed by atoms with Gasteiger partial charge >= 0.3 is 0 Å². The number of aromatic amines is 1. The zero-order valence-corrected chi connectivity index (χ0v) is 7.28. The van der Waals surface area contributed by atoms with Crippen molar-refractivity contribution in [3.8, 4) is 0 Å². The van der Waals surface area contributed by atoms with Gasteiger partial charge in [-0.2, -0.15) is 5.10 Å². The molecule has 0 unspecified atom stereocenters. The van der Waals surface area contributed by atoms with E-state index in [2.05, 4.69) is 20.8 Å². The summed E-state index contributed by atoms with van der Waals surface area (Å²) in [5.41, 5.74) is 3.84. The highest BCUT2D eigenvalue weighted by Gasteiger charge is 2.14. The maximum absolute atomic E-state index is 4.26. The standard InChI is InChI=1S/C8H14N4/c1-9-4-7-6-2-3-10-5-8(6)12-11-7/h9-10H,2-5H2,1H3,(H,11,12). The zero-order valence-electron chi connectivity index (χ0n) is 7.28. The Kier molecular flexibility index (Phi) is 2.10. The van der Waals surface area contributed by atoms with Crippen LogP contribution in [0.2, 0.25) is 0 Å². The van der Waals surface area contributed by atoms with Crippen LogP contribution in [0.4, 0.5) is 0 Å². The van der Waals surface area contributed by atoms with Gasteiger partial charge < -0.3 is 10.6 Å². The first-order chi connectivity index (χ1) is 5.92. The molecular weight excluding hydrogens is 152 g/mol. The van der Waals surface area contributed by atoms with Crippen molar-refractivity contribution >= 4 is 0 Å². The van der Waals surface area contributed by atoms with E-state index in [1.54, 1.807) is 0 Å². The van der Waals surface area contributed by atoms with Crippen LogP contribution in [0, 0.1) is 0 Å². The number of H-pyrrole nitrogens is 1. The Labute approximate surface area is 71.7 Å². The monoisotopic (exact) mass is 166 g/mol. The quantitative estimate of drug-likeness (QED) is 0.569. The molecule has 0 bridgehead atoms. The van der Waals surface area contributed by atoms with Crippen LogP contribution in [0.15, 0.2) is 0 Å². The summed E-state index contributed by atoms with van der Waals surface area (Å²) in [4.78, 5) is 0. The van der Waals surface area contributed by atoms with Gasteiger partial charge in [-0.3, -0.25) is 5.10 Å². The third kappa shape index (κ3) is 1.23. The second kappa shape index (κ2) is 3.25. The Balaban J connectivity index is 2.25. The van der Waals surface area contributed by atoms with E-state index in [0.717, 1.165) is 26.1 Å². The molecule has 0 aromatic carbocycles. The van der Waals surface area contributed by atoms with Gasteiger partial charge in [0, 0.05) is 18.7 Å². The summed E-state index contributed by atoms with van der Waals surface area (Å²) in [6.45, 7) is 2.88. The SMILES string of the molecule is CNCc1n[nH]c2c1CCNC2. The third-order valence-electron chi connectivity index (χ3n) is 2.24. The number of fused-ring (bicyclic) bond motifs is 1. The molecule has 0 amide bonds. The van der Waals surface area contributed by atoms with E-state index < -0.39 is 0 Å². The molecule has 0 saturated heterocycles. The Morgan fingerprint density at radius 2 is 2.50 bits per heavy atom. The van der Waals surface area contributed by atoms with E-state index in [1.807, 2.05) is 7.05 Å². The fourth-order valence-corrected chi connectivity index (χ4v) is 1.63. The summed E-state index contributed by atoms with van der Waals surface area (Å²) in [7, 11) is 1.95. The fourth-order valence-electron chi connectivity index (χ4n) is 1.63. The van der Waals surface area contributed by atoms with Gasteiger partial charge in [0.05, 0.1) is 11.4 Å². The summed E-state index contributed by atoms with van der Waals surface area (Å²) in [6.07, 6.45) is 1.10. The maximum Gasteiger partial charge on any atom is 0.0795 e. The van der Waals surface area contributed by atoms with Crippen molar-refractivity contribution in [3.05, 3.63) is 17.0 Å². The normalized spacial score (nSPS) is 16.1. The lowest BCUT2D eigenvalue weighted by molar-refractivity contribution is 0.629. The van der Waals surface area contributed by atoms with Gasteiger partial charge in [0.1, 0.15) is 0 Å². The first kappa shape index (κ1) is 7.76. The number of hydrogen-bond acceptors (Lipinski definition) is 3. The lowest BCUT2D eigenvalue weighted by Gasteiger charge is -2.12. The lowest BCUT2D eigenvalue weighted by atomic mass is 10.1. The van der Waals surface area contributed by atoms with Gasteiger partial charge in [-0.1, -0.05) is 0 Å². The Hall–Kier alpha value is -0.870. The van der Waals surface area contributed by atoms with Gasteiger partial charge in [0.15, 0.2) is 0 Å². The average molecular weight is 166 g/mol. The van der Waals surface area contributed by atoms with Gasteiger partial charge in [0.2, 0.25) is 0 Å². The van der Waals surface area contributed by atoms with E-state index >= 15 is 0 Å². The predicted molar refractivity (Wildman–Crippen MR) is 46.8 cm³/mol. The van der Waals surface area contributed by atoms with E-state index in [9.17, 15) is 0 Å². The summed E-state index contributed by atoms with van der Waals surface area (Å²) in [5.74, 6) is 0. The third-order valence-corrected chi connectivity index (χ3v) is 2.24. The number of rotatable bonds is 2. The molecule has 0 fully saturated rings. The molecule has 1 aliphatic rings. The molecule has 4 heteroatoms. The molecule has 0 radical (unpaired) electrons. The van der Waals surface area contributed by atoms with Crippen LogP contribution in [0.3, 0.4) is 0 Å². The molecule has 2 rings (SSSR count). The second-order valence-electron chi connectivity index (χ2n) is 3.08.